The van der Waals surface area contributed by atoms with Crippen molar-refractivity contribution in [1.29, 1.82) is 0 Å². The number of alkyl halides is 3. The highest BCUT2D eigenvalue weighted by Gasteiger charge is 2.32. The van der Waals surface area contributed by atoms with Crippen LogP contribution in [0.5, 0.6) is 0 Å². The predicted molar refractivity (Wildman–Crippen MR) is 108 cm³/mol. The summed E-state index contributed by atoms with van der Waals surface area (Å²) in [5, 5.41) is 11.0. The second-order valence-corrected chi connectivity index (χ2v) is 7.79. The van der Waals surface area contributed by atoms with Crippen LogP contribution in [0.25, 0.3) is 11.0 Å². The van der Waals surface area contributed by atoms with Crippen molar-refractivity contribution in [3.63, 3.8) is 0 Å². The molecule has 0 saturated carbocycles. The van der Waals surface area contributed by atoms with Crippen LogP contribution in [-0.4, -0.2) is 52.2 Å². The van der Waals surface area contributed by atoms with E-state index < -0.39 is 17.8 Å². The third kappa shape index (κ3) is 4.23. The van der Waals surface area contributed by atoms with Crippen LogP contribution in [0.2, 0.25) is 10.0 Å². The Morgan fingerprint density at radius 2 is 1.94 bits per heavy atom. The van der Waals surface area contributed by atoms with E-state index in [9.17, 15) is 23.1 Å². The quantitative estimate of drug-likeness (QED) is 0.589. The Balaban J connectivity index is 1.71. The van der Waals surface area contributed by atoms with Crippen LogP contribution in [0.15, 0.2) is 30.5 Å². The predicted octanol–water partition coefficient (Wildman–Crippen LogP) is 4.44. The zero-order valence-corrected chi connectivity index (χ0v) is 17.4. The van der Waals surface area contributed by atoms with Crippen molar-refractivity contribution in [2.45, 2.75) is 12.3 Å². The number of carbonyl (C=O) groups excluding carboxylic acids is 1. The molecular formula is C20H16Cl2F3N3O3. The number of benzene rings is 1. The highest BCUT2D eigenvalue weighted by molar-refractivity contribution is 6.38. The molecule has 1 amide bonds. The maximum absolute atomic E-state index is 12.9. The molecule has 1 aliphatic rings. The van der Waals surface area contributed by atoms with Gasteiger partial charge in [0.05, 0.1) is 46.1 Å². The number of aromatic nitrogens is 2. The summed E-state index contributed by atoms with van der Waals surface area (Å²) in [5.74, 6) is -0.327. The lowest BCUT2D eigenvalue weighted by molar-refractivity contribution is -0.137. The standard InChI is InChI=1S/C20H16Cl2F3N3O3/c21-12-2-1-11(19(30)28-3-5-31-6-4-28)17(22)16(12)18(29)15-8-13-14(27-15)7-10(9-26-13)20(23,24)25/h1-2,7-9,18,27,29H,3-6H2. The second kappa shape index (κ2) is 8.31. The number of hydrogen-bond donors (Lipinski definition) is 2. The summed E-state index contributed by atoms with van der Waals surface area (Å²) >= 11 is 12.7. The lowest BCUT2D eigenvalue weighted by Crippen LogP contribution is -2.40. The number of H-pyrrole nitrogens is 1. The molecule has 0 radical (unpaired) electrons. The van der Waals surface area contributed by atoms with E-state index in [1.54, 1.807) is 4.90 Å². The number of aliphatic hydroxyl groups is 1. The highest BCUT2D eigenvalue weighted by Crippen LogP contribution is 2.38. The average molecular weight is 474 g/mol. The number of aliphatic hydroxyl groups excluding tert-OH is 1. The molecule has 0 bridgehead atoms. The third-order valence-corrected chi connectivity index (χ3v) is 5.78. The molecule has 1 unspecified atom stereocenters. The van der Waals surface area contributed by atoms with Crippen molar-refractivity contribution in [3.05, 3.63) is 62.9 Å². The minimum absolute atomic E-state index is 0.0286. The van der Waals surface area contributed by atoms with Gasteiger partial charge >= 0.3 is 6.18 Å². The zero-order valence-electron chi connectivity index (χ0n) is 15.8. The molecule has 3 aromatic rings. The van der Waals surface area contributed by atoms with Crippen molar-refractivity contribution in [3.8, 4) is 0 Å². The normalized spacial score (nSPS) is 16.0. The summed E-state index contributed by atoms with van der Waals surface area (Å²) in [6.07, 6.45) is -5.25. The van der Waals surface area contributed by atoms with Crippen molar-refractivity contribution < 1.29 is 27.8 Å². The number of nitrogens with one attached hydrogen (secondary N) is 1. The van der Waals surface area contributed by atoms with E-state index >= 15 is 0 Å². The summed E-state index contributed by atoms with van der Waals surface area (Å²) in [4.78, 5) is 21.0. The van der Waals surface area contributed by atoms with Crippen molar-refractivity contribution in [2.75, 3.05) is 26.3 Å². The van der Waals surface area contributed by atoms with Gasteiger partial charge in [0.1, 0.15) is 6.10 Å². The maximum atomic E-state index is 12.9. The van der Waals surface area contributed by atoms with Crippen LogP contribution in [0.4, 0.5) is 13.2 Å². The van der Waals surface area contributed by atoms with E-state index in [-0.39, 0.29) is 43.8 Å². The Morgan fingerprint density at radius 1 is 1.23 bits per heavy atom. The molecule has 0 spiro atoms. The van der Waals surface area contributed by atoms with Gasteiger partial charge in [-0.25, -0.2) is 0 Å². The molecule has 1 fully saturated rings. The second-order valence-electron chi connectivity index (χ2n) is 7.01. The first-order valence-corrected chi connectivity index (χ1v) is 10.0. The highest BCUT2D eigenvalue weighted by atomic mass is 35.5. The number of nitrogens with zero attached hydrogens (tertiary/aromatic N) is 2. The van der Waals surface area contributed by atoms with E-state index in [2.05, 4.69) is 9.97 Å². The summed E-state index contributed by atoms with van der Waals surface area (Å²) in [7, 11) is 0. The van der Waals surface area contributed by atoms with Crippen LogP contribution in [0, 0.1) is 0 Å². The minimum atomic E-state index is -4.55. The molecule has 1 aliphatic heterocycles. The number of ether oxygens (including phenoxy) is 1. The van der Waals surface area contributed by atoms with Gasteiger partial charge in [-0.15, -0.1) is 0 Å². The lowest BCUT2D eigenvalue weighted by atomic mass is 10.0. The molecular weight excluding hydrogens is 458 g/mol. The summed E-state index contributed by atoms with van der Waals surface area (Å²) in [5.41, 5.74) is -0.217. The van der Waals surface area contributed by atoms with Gasteiger partial charge in [0.15, 0.2) is 0 Å². The molecule has 2 N–H and O–H groups in total. The molecule has 6 nitrogen and oxygen atoms in total. The number of rotatable bonds is 3. The van der Waals surface area contributed by atoms with Crippen LogP contribution >= 0.6 is 23.2 Å². The van der Waals surface area contributed by atoms with Gasteiger partial charge in [-0.1, -0.05) is 23.2 Å². The summed E-state index contributed by atoms with van der Waals surface area (Å²) in [6.45, 7) is 1.64. The van der Waals surface area contributed by atoms with Crippen LogP contribution in [-0.2, 0) is 10.9 Å². The molecule has 1 saturated heterocycles. The number of hydrogen-bond acceptors (Lipinski definition) is 4. The third-order valence-electron chi connectivity index (χ3n) is 5.04. The van der Waals surface area contributed by atoms with E-state index in [4.69, 9.17) is 27.9 Å². The number of pyridine rings is 1. The number of fused-ring (bicyclic) bond motifs is 1. The van der Waals surface area contributed by atoms with E-state index in [0.717, 1.165) is 6.07 Å². The first-order chi connectivity index (χ1) is 14.7. The van der Waals surface area contributed by atoms with Crippen molar-refractivity contribution in [2.24, 2.45) is 0 Å². The van der Waals surface area contributed by atoms with E-state index in [1.807, 2.05) is 0 Å². The Hall–Kier alpha value is -2.33. The average Bonchev–Trinajstić information content (AvgIpc) is 3.17. The lowest BCUT2D eigenvalue weighted by Gasteiger charge is -2.27. The van der Waals surface area contributed by atoms with Gasteiger partial charge in [-0.2, -0.15) is 13.2 Å². The van der Waals surface area contributed by atoms with Crippen LogP contribution in [0.1, 0.15) is 33.3 Å². The van der Waals surface area contributed by atoms with Gasteiger partial charge in [0.25, 0.3) is 5.91 Å². The van der Waals surface area contributed by atoms with Gasteiger partial charge in [0.2, 0.25) is 0 Å². The smallest absolute Gasteiger partial charge is 0.382 e. The van der Waals surface area contributed by atoms with Gasteiger partial charge < -0.3 is 19.7 Å². The molecule has 3 heterocycles. The number of amides is 1. The molecule has 31 heavy (non-hydrogen) atoms. The molecule has 0 aliphatic carbocycles. The Labute approximate surface area is 184 Å². The van der Waals surface area contributed by atoms with Crippen LogP contribution in [0.3, 0.4) is 0 Å². The molecule has 164 valence electrons. The number of aromatic amines is 1. The van der Waals surface area contributed by atoms with E-state index in [0.29, 0.717) is 32.5 Å². The number of halogens is 5. The number of carbonyl (C=O) groups is 1. The summed E-state index contributed by atoms with van der Waals surface area (Å²) in [6, 6.07) is 5.23. The van der Waals surface area contributed by atoms with Crippen molar-refractivity contribution >= 4 is 40.1 Å². The van der Waals surface area contributed by atoms with E-state index in [1.165, 1.54) is 18.2 Å². The molecule has 11 heteroatoms. The zero-order chi connectivity index (χ0) is 22.3. The molecule has 4 rings (SSSR count). The largest absolute Gasteiger partial charge is 0.417 e. The topological polar surface area (TPSA) is 78.4 Å². The molecule has 1 aromatic carbocycles. The fraction of sp³-hybridized carbons (Fsp3) is 0.300. The van der Waals surface area contributed by atoms with Gasteiger partial charge in [-0.05, 0) is 24.3 Å². The van der Waals surface area contributed by atoms with Crippen LogP contribution < -0.4 is 0 Å². The summed E-state index contributed by atoms with van der Waals surface area (Å²) < 4.78 is 44.1. The van der Waals surface area contributed by atoms with Gasteiger partial charge in [0, 0.05) is 29.9 Å². The molecule has 1 atom stereocenters. The minimum Gasteiger partial charge on any atom is -0.382 e. The van der Waals surface area contributed by atoms with Gasteiger partial charge in [-0.3, -0.25) is 9.78 Å². The molecule has 2 aromatic heterocycles. The maximum Gasteiger partial charge on any atom is 0.417 e. The fourth-order valence-electron chi connectivity index (χ4n) is 3.41. The Morgan fingerprint density at radius 3 is 2.61 bits per heavy atom. The fourth-order valence-corrected chi connectivity index (χ4v) is 4.07. The first-order valence-electron chi connectivity index (χ1n) is 9.25. The first kappa shape index (κ1) is 21.9. The van der Waals surface area contributed by atoms with Crippen molar-refractivity contribution in [1.82, 2.24) is 14.9 Å². The SMILES string of the molecule is O=C(c1ccc(Cl)c(C(O)c2cc3ncc(C(F)(F)F)cc3[nH]2)c1Cl)N1CCOCC1. The monoisotopic (exact) mass is 473 g/mol. The Kier molecular flexibility index (Phi) is 5.87. The number of morpholine rings is 1. The Bertz CT molecular complexity index is 1140.